The van der Waals surface area contributed by atoms with Gasteiger partial charge in [0, 0.05) is 31.2 Å². The molecule has 0 saturated carbocycles. The molecule has 0 atom stereocenters. The third kappa shape index (κ3) is 4.97. The lowest BCUT2D eigenvalue weighted by atomic mass is 10.1. The molecular weight excluding hydrogens is 220 g/mol. The van der Waals surface area contributed by atoms with Gasteiger partial charge in [0.05, 0.1) is 0 Å². The normalized spacial score (nSPS) is 11.4. The minimum Gasteiger partial charge on any atom is -0.329 e. The van der Waals surface area contributed by atoms with Gasteiger partial charge in [0.1, 0.15) is 0 Å². The van der Waals surface area contributed by atoms with E-state index < -0.39 is 0 Å². The molecule has 2 N–H and O–H groups in total. The van der Waals surface area contributed by atoms with E-state index in [1.165, 1.54) is 5.56 Å². The third-order valence-electron chi connectivity index (χ3n) is 2.36. The maximum Gasteiger partial charge on any atom is 0.0409 e. The van der Waals surface area contributed by atoms with Crippen LogP contribution in [-0.4, -0.2) is 24.5 Å². The average Bonchev–Trinajstić information content (AvgIpc) is 2.16. The predicted molar refractivity (Wildman–Crippen MR) is 70.6 cm³/mol. The van der Waals surface area contributed by atoms with Crippen LogP contribution in [0.25, 0.3) is 0 Å². The maximum absolute atomic E-state index is 5.97. The highest BCUT2D eigenvalue weighted by Gasteiger charge is 2.07. The monoisotopic (exact) mass is 240 g/mol. The highest BCUT2D eigenvalue weighted by molar-refractivity contribution is 6.30. The van der Waals surface area contributed by atoms with E-state index in [-0.39, 0.29) is 0 Å². The fourth-order valence-corrected chi connectivity index (χ4v) is 2.04. The third-order valence-corrected chi connectivity index (χ3v) is 2.60. The Morgan fingerprint density at radius 3 is 2.69 bits per heavy atom. The second kappa shape index (κ2) is 6.89. The summed E-state index contributed by atoms with van der Waals surface area (Å²) in [7, 11) is 0. The molecule has 0 aliphatic rings. The Morgan fingerprint density at radius 1 is 1.38 bits per heavy atom. The first kappa shape index (κ1) is 13.5. The van der Waals surface area contributed by atoms with Gasteiger partial charge in [-0.15, -0.1) is 0 Å². The molecule has 0 fully saturated rings. The highest BCUT2D eigenvalue weighted by Crippen LogP contribution is 2.13. The van der Waals surface area contributed by atoms with Crippen molar-refractivity contribution in [3.8, 4) is 0 Å². The van der Waals surface area contributed by atoms with Crippen molar-refractivity contribution in [3.63, 3.8) is 0 Å². The van der Waals surface area contributed by atoms with E-state index in [9.17, 15) is 0 Å². The van der Waals surface area contributed by atoms with Crippen molar-refractivity contribution < 1.29 is 0 Å². The lowest BCUT2D eigenvalue weighted by Gasteiger charge is -2.23. The molecule has 1 aromatic rings. The minimum absolute atomic E-state index is 0.658. The molecule has 90 valence electrons. The van der Waals surface area contributed by atoms with Crippen LogP contribution in [0.5, 0.6) is 0 Å². The summed E-state index contributed by atoms with van der Waals surface area (Å²) in [5, 5.41) is 0.801. The van der Waals surface area contributed by atoms with Gasteiger partial charge in [-0.05, 0) is 23.6 Å². The van der Waals surface area contributed by atoms with Gasteiger partial charge >= 0.3 is 0 Å². The van der Waals surface area contributed by atoms with Crippen LogP contribution in [0.2, 0.25) is 5.02 Å². The van der Waals surface area contributed by atoms with Crippen molar-refractivity contribution in [3.05, 3.63) is 34.9 Å². The summed E-state index contributed by atoms with van der Waals surface area (Å²) in [6.45, 7) is 8.08. The zero-order valence-corrected chi connectivity index (χ0v) is 10.9. The van der Waals surface area contributed by atoms with Crippen molar-refractivity contribution >= 4 is 11.6 Å². The van der Waals surface area contributed by atoms with Crippen molar-refractivity contribution in [2.45, 2.75) is 20.4 Å². The van der Waals surface area contributed by atoms with Crippen LogP contribution in [0, 0.1) is 5.92 Å². The molecule has 2 nitrogen and oxygen atoms in total. The Labute approximate surface area is 103 Å². The number of rotatable bonds is 6. The quantitative estimate of drug-likeness (QED) is 0.829. The second-order valence-corrected chi connectivity index (χ2v) is 4.98. The Kier molecular flexibility index (Phi) is 5.81. The standard InChI is InChI=1S/C13H21ClN2/c1-11(2)9-16(7-6-15)10-12-4-3-5-13(14)8-12/h3-5,8,11H,6-7,9-10,15H2,1-2H3. The van der Waals surface area contributed by atoms with Crippen LogP contribution < -0.4 is 5.73 Å². The molecular formula is C13H21ClN2. The Balaban J connectivity index is 2.60. The van der Waals surface area contributed by atoms with E-state index in [0.717, 1.165) is 24.7 Å². The first-order chi connectivity index (χ1) is 7.61. The molecule has 0 spiro atoms. The second-order valence-electron chi connectivity index (χ2n) is 4.55. The number of nitrogens with two attached hydrogens (primary N) is 1. The van der Waals surface area contributed by atoms with Crippen LogP contribution in [0.4, 0.5) is 0 Å². The first-order valence-electron chi connectivity index (χ1n) is 5.78. The fraction of sp³-hybridized carbons (Fsp3) is 0.538. The zero-order valence-electron chi connectivity index (χ0n) is 10.1. The molecule has 0 saturated heterocycles. The molecule has 3 heteroatoms. The molecule has 0 heterocycles. The first-order valence-corrected chi connectivity index (χ1v) is 6.16. The highest BCUT2D eigenvalue weighted by atomic mass is 35.5. The fourth-order valence-electron chi connectivity index (χ4n) is 1.83. The van der Waals surface area contributed by atoms with E-state index >= 15 is 0 Å². The molecule has 0 aromatic heterocycles. The van der Waals surface area contributed by atoms with Gasteiger partial charge in [-0.1, -0.05) is 37.6 Å². The topological polar surface area (TPSA) is 29.3 Å². The predicted octanol–water partition coefficient (Wildman–Crippen LogP) is 2.76. The van der Waals surface area contributed by atoms with Crippen LogP contribution in [0.1, 0.15) is 19.4 Å². The SMILES string of the molecule is CC(C)CN(CCN)Cc1cccc(Cl)c1. The van der Waals surface area contributed by atoms with E-state index in [0.29, 0.717) is 12.5 Å². The summed E-state index contributed by atoms with van der Waals surface area (Å²) < 4.78 is 0. The molecule has 0 aliphatic heterocycles. The van der Waals surface area contributed by atoms with Crippen LogP contribution in [0.15, 0.2) is 24.3 Å². The van der Waals surface area contributed by atoms with Crippen molar-refractivity contribution in [1.82, 2.24) is 4.90 Å². The van der Waals surface area contributed by atoms with Crippen molar-refractivity contribution in [2.75, 3.05) is 19.6 Å². The van der Waals surface area contributed by atoms with Gasteiger partial charge in [0.15, 0.2) is 0 Å². The maximum atomic E-state index is 5.97. The zero-order chi connectivity index (χ0) is 12.0. The summed E-state index contributed by atoms with van der Waals surface area (Å²) in [6.07, 6.45) is 0. The Morgan fingerprint density at radius 2 is 2.12 bits per heavy atom. The van der Waals surface area contributed by atoms with Crippen molar-refractivity contribution in [2.24, 2.45) is 11.7 Å². The molecule has 0 bridgehead atoms. The number of hydrogen-bond acceptors (Lipinski definition) is 2. The number of nitrogens with zero attached hydrogens (tertiary/aromatic N) is 1. The van der Waals surface area contributed by atoms with Crippen LogP contribution >= 0.6 is 11.6 Å². The van der Waals surface area contributed by atoms with E-state index in [4.69, 9.17) is 17.3 Å². The minimum atomic E-state index is 0.658. The summed E-state index contributed by atoms with van der Waals surface area (Å²) >= 11 is 5.97. The van der Waals surface area contributed by atoms with E-state index in [1.54, 1.807) is 0 Å². The molecule has 16 heavy (non-hydrogen) atoms. The largest absolute Gasteiger partial charge is 0.329 e. The molecule has 0 amide bonds. The molecule has 0 aliphatic carbocycles. The van der Waals surface area contributed by atoms with E-state index in [2.05, 4.69) is 24.8 Å². The smallest absolute Gasteiger partial charge is 0.0409 e. The van der Waals surface area contributed by atoms with E-state index in [1.807, 2.05) is 18.2 Å². The molecule has 0 radical (unpaired) electrons. The summed E-state index contributed by atoms with van der Waals surface area (Å²) in [4.78, 5) is 2.37. The van der Waals surface area contributed by atoms with Gasteiger partial charge in [0.25, 0.3) is 0 Å². The average molecular weight is 241 g/mol. The molecule has 1 aromatic carbocycles. The molecule has 1 rings (SSSR count). The lowest BCUT2D eigenvalue weighted by molar-refractivity contribution is 0.242. The van der Waals surface area contributed by atoms with Crippen LogP contribution in [0.3, 0.4) is 0 Å². The van der Waals surface area contributed by atoms with Crippen LogP contribution in [-0.2, 0) is 6.54 Å². The van der Waals surface area contributed by atoms with Gasteiger partial charge in [-0.25, -0.2) is 0 Å². The number of hydrogen-bond donors (Lipinski definition) is 1. The lowest BCUT2D eigenvalue weighted by Crippen LogP contribution is -2.32. The number of benzene rings is 1. The molecule has 0 unspecified atom stereocenters. The summed E-state index contributed by atoms with van der Waals surface area (Å²) in [5.74, 6) is 0.658. The van der Waals surface area contributed by atoms with Crippen molar-refractivity contribution in [1.29, 1.82) is 0 Å². The summed E-state index contributed by atoms with van der Waals surface area (Å²) in [5.41, 5.74) is 6.87. The number of halogens is 1. The van der Waals surface area contributed by atoms with Gasteiger partial charge in [-0.2, -0.15) is 0 Å². The summed E-state index contributed by atoms with van der Waals surface area (Å²) in [6, 6.07) is 8.02. The van der Waals surface area contributed by atoms with Gasteiger partial charge in [-0.3, -0.25) is 4.90 Å². The van der Waals surface area contributed by atoms with Gasteiger partial charge < -0.3 is 5.73 Å². The van der Waals surface area contributed by atoms with Gasteiger partial charge in [0.2, 0.25) is 0 Å². The Hall–Kier alpha value is -0.570. The Bertz CT molecular complexity index is 313.